The van der Waals surface area contributed by atoms with Crippen LogP contribution in [-0.2, 0) is 11.2 Å². The maximum atomic E-state index is 9.55. The molecular formula is C15H26ClN5O2. The number of nitrogens with zero attached hydrogens (tertiary/aromatic N) is 5. The smallest absolute Gasteiger partial charge is 0.230 e. The minimum Gasteiger partial charge on any atom is -0.394 e. The number of hydrogen-bond acceptors (Lipinski definition) is 7. The van der Waals surface area contributed by atoms with Crippen LogP contribution in [0, 0.1) is 0 Å². The van der Waals surface area contributed by atoms with E-state index < -0.39 is 0 Å². The van der Waals surface area contributed by atoms with Crippen molar-refractivity contribution in [1.29, 1.82) is 0 Å². The molecular weight excluding hydrogens is 318 g/mol. The molecule has 3 heterocycles. The van der Waals surface area contributed by atoms with Crippen molar-refractivity contribution in [2.24, 2.45) is 0 Å². The molecule has 1 atom stereocenters. The molecule has 3 rings (SSSR count). The molecule has 0 aliphatic carbocycles. The van der Waals surface area contributed by atoms with E-state index in [4.69, 9.17) is 4.74 Å². The molecule has 2 fully saturated rings. The number of halogens is 1. The number of rotatable bonds is 5. The standard InChI is InChI=1S/C15H25N5O2.ClH/c1-2-4-13-16-14(19-7-9-22-10-8-19)18-15(17-13)20-6-3-5-12(20)11-21;/h12,21H,2-11H2,1H3;1H. The molecule has 1 aromatic rings. The van der Waals surface area contributed by atoms with Crippen molar-refractivity contribution in [1.82, 2.24) is 15.0 Å². The lowest BCUT2D eigenvalue weighted by molar-refractivity contribution is 0.122. The van der Waals surface area contributed by atoms with Gasteiger partial charge in [0, 0.05) is 26.1 Å². The topological polar surface area (TPSA) is 74.6 Å². The van der Waals surface area contributed by atoms with E-state index in [0.29, 0.717) is 13.2 Å². The van der Waals surface area contributed by atoms with Gasteiger partial charge in [0.25, 0.3) is 0 Å². The van der Waals surface area contributed by atoms with Gasteiger partial charge in [-0.25, -0.2) is 0 Å². The van der Waals surface area contributed by atoms with Crippen molar-refractivity contribution in [2.45, 2.75) is 38.6 Å². The van der Waals surface area contributed by atoms with E-state index in [2.05, 4.69) is 31.7 Å². The van der Waals surface area contributed by atoms with Gasteiger partial charge in [0.15, 0.2) is 0 Å². The molecule has 130 valence electrons. The van der Waals surface area contributed by atoms with Crippen LogP contribution in [0.1, 0.15) is 32.0 Å². The van der Waals surface area contributed by atoms with Crippen molar-refractivity contribution < 1.29 is 9.84 Å². The first-order valence-corrected chi connectivity index (χ1v) is 8.27. The molecule has 0 bridgehead atoms. The number of ether oxygens (including phenoxy) is 1. The highest BCUT2D eigenvalue weighted by atomic mass is 35.5. The first-order valence-electron chi connectivity index (χ1n) is 8.27. The third-order valence-corrected chi connectivity index (χ3v) is 4.27. The minimum absolute atomic E-state index is 0. The van der Waals surface area contributed by atoms with E-state index in [1.165, 1.54) is 0 Å². The van der Waals surface area contributed by atoms with Crippen LogP contribution < -0.4 is 9.80 Å². The molecule has 8 heteroatoms. The fourth-order valence-electron chi connectivity index (χ4n) is 3.05. The van der Waals surface area contributed by atoms with Crippen molar-refractivity contribution in [3.8, 4) is 0 Å². The predicted molar refractivity (Wildman–Crippen MR) is 91.6 cm³/mol. The van der Waals surface area contributed by atoms with E-state index in [1.54, 1.807) is 0 Å². The Morgan fingerprint density at radius 1 is 1.13 bits per heavy atom. The summed E-state index contributed by atoms with van der Waals surface area (Å²) in [5, 5.41) is 9.55. The summed E-state index contributed by atoms with van der Waals surface area (Å²) in [7, 11) is 0. The van der Waals surface area contributed by atoms with Gasteiger partial charge in [-0.05, 0) is 19.3 Å². The zero-order valence-corrected chi connectivity index (χ0v) is 14.5. The van der Waals surface area contributed by atoms with Gasteiger partial charge < -0.3 is 19.6 Å². The van der Waals surface area contributed by atoms with Crippen LogP contribution in [0.4, 0.5) is 11.9 Å². The van der Waals surface area contributed by atoms with Crippen LogP contribution in [0.2, 0.25) is 0 Å². The summed E-state index contributed by atoms with van der Waals surface area (Å²) < 4.78 is 5.41. The zero-order valence-electron chi connectivity index (χ0n) is 13.6. The van der Waals surface area contributed by atoms with Gasteiger partial charge in [0.2, 0.25) is 11.9 Å². The molecule has 7 nitrogen and oxygen atoms in total. The van der Waals surface area contributed by atoms with E-state index in [0.717, 1.165) is 63.0 Å². The summed E-state index contributed by atoms with van der Waals surface area (Å²) in [5.41, 5.74) is 0. The van der Waals surface area contributed by atoms with Gasteiger partial charge >= 0.3 is 0 Å². The first kappa shape index (κ1) is 18.2. The molecule has 0 radical (unpaired) electrons. The van der Waals surface area contributed by atoms with Crippen molar-refractivity contribution in [3.05, 3.63) is 5.82 Å². The molecule has 23 heavy (non-hydrogen) atoms. The summed E-state index contributed by atoms with van der Waals surface area (Å²) in [6, 6.07) is 0.134. The summed E-state index contributed by atoms with van der Waals surface area (Å²) in [6.45, 7) is 6.26. The maximum absolute atomic E-state index is 9.55. The van der Waals surface area contributed by atoms with Gasteiger partial charge in [0.05, 0.1) is 25.9 Å². The Kier molecular flexibility index (Phi) is 6.80. The Bertz CT molecular complexity index is 499. The molecule has 1 unspecified atom stereocenters. The number of morpholine rings is 1. The third kappa shape index (κ3) is 4.22. The summed E-state index contributed by atoms with van der Waals surface area (Å²) in [5.74, 6) is 2.31. The van der Waals surface area contributed by atoms with Gasteiger partial charge in [-0.3, -0.25) is 0 Å². The Hall–Kier alpha value is -1.18. The summed E-state index contributed by atoms with van der Waals surface area (Å²) in [6.07, 6.45) is 3.94. The number of anilines is 2. The highest BCUT2D eigenvalue weighted by Gasteiger charge is 2.27. The third-order valence-electron chi connectivity index (χ3n) is 4.27. The molecule has 2 aliphatic heterocycles. The highest BCUT2D eigenvalue weighted by molar-refractivity contribution is 5.85. The van der Waals surface area contributed by atoms with E-state index in [1.807, 2.05) is 0 Å². The average molecular weight is 344 g/mol. The van der Waals surface area contributed by atoms with Crippen molar-refractivity contribution in [3.63, 3.8) is 0 Å². The zero-order chi connectivity index (χ0) is 15.4. The van der Waals surface area contributed by atoms with Crippen molar-refractivity contribution >= 4 is 24.3 Å². The normalized spacial score (nSPS) is 21.4. The summed E-state index contributed by atoms with van der Waals surface area (Å²) >= 11 is 0. The van der Waals surface area contributed by atoms with Crippen LogP contribution in [0.15, 0.2) is 0 Å². The monoisotopic (exact) mass is 343 g/mol. The molecule has 0 amide bonds. The maximum Gasteiger partial charge on any atom is 0.230 e. The molecule has 0 spiro atoms. The van der Waals surface area contributed by atoms with Crippen LogP contribution in [-0.4, -0.2) is 65.6 Å². The van der Waals surface area contributed by atoms with Crippen LogP contribution in [0.3, 0.4) is 0 Å². The van der Waals surface area contributed by atoms with Gasteiger partial charge in [-0.1, -0.05) is 6.92 Å². The highest BCUT2D eigenvalue weighted by Crippen LogP contribution is 2.24. The minimum atomic E-state index is 0. The molecule has 1 N–H and O–H groups in total. The molecule has 0 aromatic carbocycles. The lowest BCUT2D eigenvalue weighted by Gasteiger charge is -2.29. The Balaban J connectivity index is 0.00000192. The fourth-order valence-corrected chi connectivity index (χ4v) is 3.05. The largest absolute Gasteiger partial charge is 0.394 e. The number of hydrogen-bond donors (Lipinski definition) is 1. The van der Waals surface area contributed by atoms with Crippen LogP contribution in [0.25, 0.3) is 0 Å². The molecule has 1 aromatic heterocycles. The lowest BCUT2D eigenvalue weighted by atomic mass is 10.2. The number of aliphatic hydroxyl groups is 1. The van der Waals surface area contributed by atoms with Crippen LogP contribution >= 0.6 is 12.4 Å². The Labute approximate surface area is 143 Å². The Morgan fingerprint density at radius 3 is 2.57 bits per heavy atom. The second-order valence-electron chi connectivity index (χ2n) is 5.87. The SMILES string of the molecule is CCCc1nc(N2CCOCC2)nc(N2CCCC2CO)n1.Cl. The molecule has 2 saturated heterocycles. The van der Waals surface area contributed by atoms with Crippen molar-refractivity contribution in [2.75, 3.05) is 49.3 Å². The average Bonchev–Trinajstić information content (AvgIpc) is 3.04. The first-order chi connectivity index (χ1) is 10.8. The van der Waals surface area contributed by atoms with Crippen LogP contribution in [0.5, 0.6) is 0 Å². The second kappa shape index (κ2) is 8.61. The number of aliphatic hydroxyl groups excluding tert-OH is 1. The fraction of sp³-hybridized carbons (Fsp3) is 0.800. The number of aromatic nitrogens is 3. The molecule has 2 aliphatic rings. The predicted octanol–water partition coefficient (Wildman–Crippen LogP) is 1.04. The van der Waals surface area contributed by atoms with Gasteiger partial charge in [-0.2, -0.15) is 15.0 Å². The molecule has 0 saturated carbocycles. The lowest BCUT2D eigenvalue weighted by Crippen LogP contribution is -2.39. The number of aryl methyl sites for hydroxylation is 1. The summed E-state index contributed by atoms with van der Waals surface area (Å²) in [4.78, 5) is 18.2. The van der Waals surface area contributed by atoms with Gasteiger partial charge in [-0.15, -0.1) is 12.4 Å². The van der Waals surface area contributed by atoms with E-state index in [-0.39, 0.29) is 25.1 Å². The van der Waals surface area contributed by atoms with E-state index in [9.17, 15) is 5.11 Å². The second-order valence-corrected chi connectivity index (χ2v) is 5.87. The Morgan fingerprint density at radius 2 is 1.87 bits per heavy atom. The quantitative estimate of drug-likeness (QED) is 0.856. The van der Waals surface area contributed by atoms with E-state index >= 15 is 0 Å². The van der Waals surface area contributed by atoms with Gasteiger partial charge in [0.1, 0.15) is 5.82 Å².